The summed E-state index contributed by atoms with van der Waals surface area (Å²) in [5, 5.41) is 0. The summed E-state index contributed by atoms with van der Waals surface area (Å²) in [6.07, 6.45) is 2.09. The van der Waals surface area contributed by atoms with Crippen molar-refractivity contribution in [2.75, 3.05) is 0 Å². The molecule has 0 atom stereocenters. The molecule has 0 spiro atoms. The highest BCUT2D eigenvalue weighted by Crippen LogP contribution is 2.08. The van der Waals surface area contributed by atoms with E-state index in [1.54, 1.807) is 24.3 Å². The van der Waals surface area contributed by atoms with Gasteiger partial charge in [0.25, 0.3) is 0 Å². The van der Waals surface area contributed by atoms with Crippen molar-refractivity contribution in [2.24, 2.45) is 0 Å². The third kappa shape index (κ3) is 5.32. The first kappa shape index (κ1) is 14.5. The molecule has 0 unspecified atom stereocenters. The molecule has 0 bridgehead atoms. The van der Waals surface area contributed by atoms with Crippen LogP contribution in [-0.2, 0) is 20.9 Å². The van der Waals surface area contributed by atoms with Crippen LogP contribution >= 0.6 is 0 Å². The molecule has 2 aromatic rings. The minimum Gasteiger partial charge on any atom is -0.458 e. The van der Waals surface area contributed by atoms with Gasteiger partial charge in [0.1, 0.15) is 12.4 Å². The zero-order chi connectivity index (χ0) is 14.9. The van der Waals surface area contributed by atoms with Crippen molar-refractivity contribution in [3.8, 4) is 5.75 Å². The number of hydrogen-bond donors (Lipinski definition) is 0. The minimum absolute atomic E-state index is 0.164. The highest BCUT2D eigenvalue weighted by molar-refractivity contribution is 5.92. The molecule has 0 fully saturated rings. The summed E-state index contributed by atoms with van der Waals surface area (Å²) in [4.78, 5) is 22.9. The average Bonchev–Trinajstić information content (AvgIpc) is 2.53. The monoisotopic (exact) mass is 282 g/mol. The number of para-hydroxylation sites is 1. The number of ether oxygens (including phenoxy) is 2. The molecule has 0 radical (unpaired) electrons. The predicted molar refractivity (Wildman–Crippen MR) is 77.5 cm³/mol. The van der Waals surface area contributed by atoms with Crippen LogP contribution in [0.3, 0.4) is 0 Å². The van der Waals surface area contributed by atoms with Crippen LogP contribution in [0.4, 0.5) is 0 Å². The van der Waals surface area contributed by atoms with E-state index in [1.807, 2.05) is 36.4 Å². The Kier molecular flexibility index (Phi) is 5.29. The van der Waals surface area contributed by atoms with Gasteiger partial charge in [-0.05, 0) is 17.7 Å². The highest BCUT2D eigenvalue weighted by Gasteiger charge is 2.02. The van der Waals surface area contributed by atoms with Crippen molar-refractivity contribution in [3.63, 3.8) is 0 Å². The fourth-order valence-corrected chi connectivity index (χ4v) is 1.55. The molecule has 0 N–H and O–H groups in total. The van der Waals surface area contributed by atoms with Crippen LogP contribution in [0.1, 0.15) is 5.56 Å². The number of rotatable bonds is 5. The maximum atomic E-state index is 11.5. The van der Waals surface area contributed by atoms with Crippen LogP contribution in [0, 0.1) is 0 Å². The Hall–Kier alpha value is -2.88. The van der Waals surface area contributed by atoms with Gasteiger partial charge in [-0.15, -0.1) is 0 Å². The van der Waals surface area contributed by atoms with Gasteiger partial charge in [0.15, 0.2) is 0 Å². The normalized spacial score (nSPS) is 10.3. The Bertz CT molecular complexity index is 618. The van der Waals surface area contributed by atoms with Gasteiger partial charge in [-0.3, -0.25) is 0 Å². The second-order valence-electron chi connectivity index (χ2n) is 4.16. The number of esters is 2. The molecule has 4 nitrogen and oxygen atoms in total. The van der Waals surface area contributed by atoms with Crippen LogP contribution in [0.5, 0.6) is 5.75 Å². The van der Waals surface area contributed by atoms with Gasteiger partial charge < -0.3 is 9.47 Å². The van der Waals surface area contributed by atoms with E-state index in [0.717, 1.165) is 17.7 Å². The smallest absolute Gasteiger partial charge is 0.336 e. The molecule has 106 valence electrons. The second kappa shape index (κ2) is 7.65. The van der Waals surface area contributed by atoms with Crippen molar-refractivity contribution in [3.05, 3.63) is 78.4 Å². The van der Waals surface area contributed by atoms with Crippen LogP contribution in [0.25, 0.3) is 0 Å². The summed E-state index contributed by atoms with van der Waals surface area (Å²) >= 11 is 0. The summed E-state index contributed by atoms with van der Waals surface area (Å²) < 4.78 is 9.99. The fraction of sp³-hybridized carbons (Fsp3) is 0.0588. The third-order valence-corrected chi connectivity index (χ3v) is 2.54. The van der Waals surface area contributed by atoms with E-state index in [4.69, 9.17) is 9.47 Å². The average molecular weight is 282 g/mol. The third-order valence-electron chi connectivity index (χ3n) is 2.54. The summed E-state index contributed by atoms with van der Waals surface area (Å²) in [5.74, 6) is -0.800. The molecular formula is C17H14O4. The number of benzene rings is 2. The lowest BCUT2D eigenvalue weighted by Crippen LogP contribution is -2.06. The summed E-state index contributed by atoms with van der Waals surface area (Å²) in [6, 6.07) is 17.9. The molecule has 2 aromatic carbocycles. The number of carbonyl (C=O) groups excluding carboxylic acids is 2. The lowest BCUT2D eigenvalue weighted by molar-refractivity contribution is -0.139. The lowest BCUT2D eigenvalue weighted by atomic mass is 10.2. The molecule has 0 aliphatic carbocycles. The van der Waals surface area contributed by atoms with Crippen molar-refractivity contribution in [2.45, 2.75) is 6.61 Å². The SMILES string of the molecule is O=C(C=CC(=O)Oc1ccccc1)OCc1ccccc1. The Morgan fingerprint density at radius 1 is 0.810 bits per heavy atom. The van der Waals surface area contributed by atoms with Crippen molar-refractivity contribution < 1.29 is 19.1 Å². The Morgan fingerprint density at radius 2 is 1.38 bits per heavy atom. The predicted octanol–water partition coefficient (Wildman–Crippen LogP) is 2.89. The molecule has 0 aromatic heterocycles. The van der Waals surface area contributed by atoms with E-state index in [0.29, 0.717) is 5.75 Å². The van der Waals surface area contributed by atoms with Gasteiger partial charge in [-0.2, -0.15) is 0 Å². The van der Waals surface area contributed by atoms with E-state index in [-0.39, 0.29) is 6.61 Å². The van der Waals surface area contributed by atoms with Crippen molar-refractivity contribution in [1.29, 1.82) is 0 Å². The van der Waals surface area contributed by atoms with Crippen LogP contribution in [-0.4, -0.2) is 11.9 Å². The summed E-state index contributed by atoms with van der Waals surface area (Å²) in [5.41, 5.74) is 0.881. The van der Waals surface area contributed by atoms with E-state index < -0.39 is 11.9 Å². The number of hydrogen-bond acceptors (Lipinski definition) is 4. The van der Waals surface area contributed by atoms with E-state index >= 15 is 0 Å². The van der Waals surface area contributed by atoms with Gasteiger partial charge in [0.2, 0.25) is 0 Å². The molecule has 0 saturated carbocycles. The quantitative estimate of drug-likeness (QED) is 0.480. The molecule has 0 aliphatic heterocycles. The molecule has 21 heavy (non-hydrogen) atoms. The standard InChI is InChI=1S/C17H14O4/c18-16(20-13-14-7-3-1-4-8-14)11-12-17(19)21-15-9-5-2-6-10-15/h1-12H,13H2. The van der Waals surface area contributed by atoms with E-state index in [1.165, 1.54) is 0 Å². The topological polar surface area (TPSA) is 52.6 Å². The van der Waals surface area contributed by atoms with Gasteiger partial charge in [-0.1, -0.05) is 48.5 Å². The molecule has 0 saturated heterocycles. The van der Waals surface area contributed by atoms with E-state index in [2.05, 4.69) is 0 Å². The van der Waals surface area contributed by atoms with Crippen LogP contribution in [0.15, 0.2) is 72.8 Å². The first-order valence-electron chi connectivity index (χ1n) is 6.39. The van der Waals surface area contributed by atoms with Gasteiger partial charge >= 0.3 is 11.9 Å². The Labute approximate surface area is 122 Å². The van der Waals surface area contributed by atoms with E-state index in [9.17, 15) is 9.59 Å². The lowest BCUT2D eigenvalue weighted by Gasteiger charge is -2.02. The first-order chi connectivity index (χ1) is 10.2. The zero-order valence-electron chi connectivity index (χ0n) is 11.3. The van der Waals surface area contributed by atoms with Gasteiger partial charge in [0.05, 0.1) is 0 Å². The van der Waals surface area contributed by atoms with Crippen LogP contribution in [0.2, 0.25) is 0 Å². The van der Waals surface area contributed by atoms with Crippen LogP contribution < -0.4 is 4.74 Å². The Morgan fingerprint density at radius 3 is 2.05 bits per heavy atom. The van der Waals surface area contributed by atoms with Crippen molar-refractivity contribution in [1.82, 2.24) is 0 Å². The molecule has 0 amide bonds. The molecule has 0 heterocycles. The summed E-state index contributed by atoms with van der Waals surface area (Å²) in [7, 11) is 0. The van der Waals surface area contributed by atoms with Gasteiger partial charge in [0, 0.05) is 12.2 Å². The largest absolute Gasteiger partial charge is 0.458 e. The molecule has 0 aliphatic rings. The Balaban J connectivity index is 1.78. The second-order valence-corrected chi connectivity index (χ2v) is 4.16. The number of carbonyl (C=O) groups is 2. The minimum atomic E-state index is -0.627. The van der Waals surface area contributed by atoms with Crippen molar-refractivity contribution >= 4 is 11.9 Å². The first-order valence-corrected chi connectivity index (χ1v) is 6.39. The molecule has 4 heteroatoms. The maximum Gasteiger partial charge on any atom is 0.336 e. The zero-order valence-corrected chi connectivity index (χ0v) is 11.3. The molecular weight excluding hydrogens is 268 g/mol. The summed E-state index contributed by atoms with van der Waals surface area (Å²) in [6.45, 7) is 0.164. The highest BCUT2D eigenvalue weighted by atomic mass is 16.5. The van der Waals surface area contributed by atoms with Gasteiger partial charge in [-0.25, -0.2) is 9.59 Å². The molecule has 2 rings (SSSR count). The maximum absolute atomic E-state index is 11.5. The fourth-order valence-electron chi connectivity index (χ4n) is 1.55.